The molecule has 2 aliphatic rings. The van der Waals surface area contributed by atoms with E-state index in [0.29, 0.717) is 19.1 Å². The largest absolute Gasteiger partial charge is 0.478 e. The summed E-state index contributed by atoms with van der Waals surface area (Å²) in [7, 11) is 0. The lowest BCUT2D eigenvalue weighted by molar-refractivity contribution is -0.148. The smallest absolute Gasteiger partial charge is 0.331 e. The molecular formula is C11H14O6. The van der Waals surface area contributed by atoms with Crippen LogP contribution in [0.15, 0.2) is 12.2 Å². The van der Waals surface area contributed by atoms with E-state index in [0.717, 1.165) is 12.2 Å². The number of carboxylic acids is 1. The monoisotopic (exact) mass is 242 g/mol. The number of rotatable bonds is 3. The second kappa shape index (κ2) is 4.85. The van der Waals surface area contributed by atoms with Crippen LogP contribution in [-0.2, 0) is 23.8 Å². The van der Waals surface area contributed by atoms with Gasteiger partial charge in [-0.2, -0.15) is 0 Å². The van der Waals surface area contributed by atoms with Crippen LogP contribution in [0.4, 0.5) is 0 Å². The maximum absolute atomic E-state index is 11.3. The van der Waals surface area contributed by atoms with Crippen molar-refractivity contribution in [1.29, 1.82) is 0 Å². The SMILES string of the molecule is C[C@H]1CO[C@H]2[C@@H]1OC[C@H]2OC(=O)/C=C\C(=O)O. The molecule has 0 saturated carbocycles. The van der Waals surface area contributed by atoms with Gasteiger partial charge in [0, 0.05) is 18.1 Å². The van der Waals surface area contributed by atoms with Crippen LogP contribution in [0, 0.1) is 5.92 Å². The minimum absolute atomic E-state index is 0.0312. The summed E-state index contributed by atoms with van der Waals surface area (Å²) in [6.07, 6.45) is 0.918. The zero-order valence-corrected chi connectivity index (χ0v) is 9.37. The van der Waals surface area contributed by atoms with Crippen molar-refractivity contribution < 1.29 is 28.9 Å². The molecule has 0 bridgehead atoms. The zero-order valence-electron chi connectivity index (χ0n) is 9.37. The standard InChI is InChI=1S/C11H14O6/c1-6-4-15-11-7(5-16-10(6)11)17-9(14)3-2-8(12)13/h2-3,6-7,10-11H,4-5H2,1H3,(H,12,13)/b3-2-/t6-,7+,10+,11+/m0/s1. The summed E-state index contributed by atoms with van der Waals surface area (Å²) < 4.78 is 16.1. The van der Waals surface area contributed by atoms with Crippen molar-refractivity contribution in [3.8, 4) is 0 Å². The fraction of sp³-hybridized carbons (Fsp3) is 0.636. The number of aliphatic carboxylic acids is 1. The van der Waals surface area contributed by atoms with Gasteiger partial charge in [-0.05, 0) is 0 Å². The molecule has 0 spiro atoms. The van der Waals surface area contributed by atoms with Gasteiger partial charge in [-0.15, -0.1) is 0 Å². The molecule has 0 aromatic rings. The fourth-order valence-electron chi connectivity index (χ4n) is 2.08. The van der Waals surface area contributed by atoms with Crippen LogP contribution in [0.25, 0.3) is 0 Å². The number of ether oxygens (including phenoxy) is 3. The average molecular weight is 242 g/mol. The quantitative estimate of drug-likeness (QED) is 0.553. The molecule has 2 fully saturated rings. The van der Waals surface area contributed by atoms with Crippen LogP contribution in [0.5, 0.6) is 0 Å². The van der Waals surface area contributed by atoms with E-state index in [-0.39, 0.29) is 12.2 Å². The molecule has 2 rings (SSSR count). The van der Waals surface area contributed by atoms with Crippen molar-refractivity contribution in [1.82, 2.24) is 0 Å². The fourth-order valence-corrected chi connectivity index (χ4v) is 2.08. The Morgan fingerprint density at radius 2 is 1.94 bits per heavy atom. The first-order valence-electron chi connectivity index (χ1n) is 5.42. The first-order chi connectivity index (χ1) is 8.08. The van der Waals surface area contributed by atoms with Crippen molar-refractivity contribution in [3.05, 3.63) is 12.2 Å². The van der Waals surface area contributed by atoms with E-state index in [4.69, 9.17) is 19.3 Å². The predicted octanol–water partition coefficient (Wildman–Crippen LogP) is -0.0273. The molecule has 1 N–H and O–H groups in total. The summed E-state index contributed by atoms with van der Waals surface area (Å²) in [6.45, 7) is 2.90. The Morgan fingerprint density at radius 3 is 2.65 bits per heavy atom. The topological polar surface area (TPSA) is 82.1 Å². The van der Waals surface area contributed by atoms with E-state index in [1.165, 1.54) is 0 Å². The molecule has 0 radical (unpaired) electrons. The summed E-state index contributed by atoms with van der Waals surface area (Å²) in [4.78, 5) is 21.5. The Labute approximate surface area is 98.1 Å². The van der Waals surface area contributed by atoms with Crippen LogP contribution in [0.3, 0.4) is 0 Å². The van der Waals surface area contributed by atoms with E-state index in [9.17, 15) is 9.59 Å². The van der Waals surface area contributed by atoms with E-state index in [1.807, 2.05) is 6.92 Å². The molecule has 4 atom stereocenters. The second-order valence-electron chi connectivity index (χ2n) is 4.22. The van der Waals surface area contributed by atoms with E-state index >= 15 is 0 Å². The highest BCUT2D eigenvalue weighted by molar-refractivity contribution is 5.90. The lowest BCUT2D eigenvalue weighted by Gasteiger charge is -2.15. The van der Waals surface area contributed by atoms with Crippen molar-refractivity contribution in [3.63, 3.8) is 0 Å². The number of hydrogen-bond acceptors (Lipinski definition) is 5. The van der Waals surface area contributed by atoms with Gasteiger partial charge in [-0.3, -0.25) is 0 Å². The summed E-state index contributed by atoms with van der Waals surface area (Å²) in [5.41, 5.74) is 0. The molecule has 0 aliphatic carbocycles. The lowest BCUT2D eigenvalue weighted by atomic mass is 10.0. The molecule has 0 amide bonds. The van der Waals surface area contributed by atoms with Gasteiger partial charge in [0.2, 0.25) is 0 Å². The molecular weight excluding hydrogens is 228 g/mol. The Hall–Kier alpha value is -1.40. The first kappa shape index (κ1) is 12.1. The predicted molar refractivity (Wildman–Crippen MR) is 55.3 cm³/mol. The highest BCUT2D eigenvalue weighted by Gasteiger charge is 2.47. The third kappa shape index (κ3) is 2.65. The highest BCUT2D eigenvalue weighted by Crippen LogP contribution is 2.32. The molecule has 6 heteroatoms. The molecule has 2 saturated heterocycles. The minimum atomic E-state index is -1.19. The molecule has 2 aliphatic heterocycles. The van der Waals surface area contributed by atoms with Crippen molar-refractivity contribution in [2.45, 2.75) is 25.2 Å². The van der Waals surface area contributed by atoms with Crippen LogP contribution >= 0.6 is 0 Å². The number of esters is 1. The van der Waals surface area contributed by atoms with Gasteiger partial charge in [0.25, 0.3) is 0 Å². The van der Waals surface area contributed by atoms with Gasteiger partial charge < -0.3 is 19.3 Å². The molecule has 0 unspecified atom stereocenters. The van der Waals surface area contributed by atoms with Crippen molar-refractivity contribution in [2.24, 2.45) is 5.92 Å². The second-order valence-corrected chi connectivity index (χ2v) is 4.22. The van der Waals surface area contributed by atoms with Gasteiger partial charge in [0.15, 0.2) is 6.10 Å². The average Bonchev–Trinajstić information content (AvgIpc) is 2.81. The number of fused-ring (bicyclic) bond motifs is 1. The van der Waals surface area contributed by atoms with Crippen LogP contribution in [0.1, 0.15) is 6.92 Å². The minimum Gasteiger partial charge on any atom is -0.478 e. The van der Waals surface area contributed by atoms with Gasteiger partial charge in [0.05, 0.1) is 19.3 Å². The number of carboxylic acid groups (broad SMARTS) is 1. The molecule has 6 nitrogen and oxygen atoms in total. The van der Waals surface area contributed by atoms with Gasteiger partial charge in [-0.25, -0.2) is 9.59 Å². The van der Waals surface area contributed by atoms with Gasteiger partial charge in [-0.1, -0.05) is 6.92 Å². The van der Waals surface area contributed by atoms with E-state index in [2.05, 4.69) is 0 Å². The highest BCUT2D eigenvalue weighted by atomic mass is 16.6. The Kier molecular flexibility index (Phi) is 3.44. The van der Waals surface area contributed by atoms with Crippen LogP contribution < -0.4 is 0 Å². The zero-order chi connectivity index (χ0) is 12.4. The molecule has 2 heterocycles. The Morgan fingerprint density at radius 1 is 1.24 bits per heavy atom. The summed E-state index contributed by atoms with van der Waals surface area (Å²) in [5.74, 6) is -1.59. The normalized spacial score (nSPS) is 36.1. The summed E-state index contributed by atoms with van der Waals surface area (Å²) in [5, 5.41) is 8.36. The maximum atomic E-state index is 11.3. The number of carbonyl (C=O) groups is 2. The van der Waals surface area contributed by atoms with Crippen LogP contribution in [-0.4, -0.2) is 48.6 Å². The molecule has 0 aromatic carbocycles. The van der Waals surface area contributed by atoms with E-state index < -0.39 is 18.0 Å². The van der Waals surface area contributed by atoms with Gasteiger partial charge in [0.1, 0.15) is 6.10 Å². The van der Waals surface area contributed by atoms with Crippen molar-refractivity contribution in [2.75, 3.05) is 13.2 Å². The number of hydrogen-bond donors (Lipinski definition) is 1. The molecule has 0 aromatic heterocycles. The Balaban J connectivity index is 1.88. The molecule has 94 valence electrons. The number of carbonyl (C=O) groups excluding carboxylic acids is 1. The van der Waals surface area contributed by atoms with E-state index in [1.54, 1.807) is 0 Å². The van der Waals surface area contributed by atoms with Crippen molar-refractivity contribution >= 4 is 11.9 Å². The summed E-state index contributed by atoms with van der Waals surface area (Å²) >= 11 is 0. The van der Waals surface area contributed by atoms with Crippen LogP contribution in [0.2, 0.25) is 0 Å². The lowest BCUT2D eigenvalue weighted by Crippen LogP contribution is -2.32. The Bertz CT molecular complexity index is 350. The molecule has 17 heavy (non-hydrogen) atoms. The van der Waals surface area contributed by atoms with Gasteiger partial charge >= 0.3 is 11.9 Å². The third-order valence-corrected chi connectivity index (χ3v) is 2.89. The summed E-state index contributed by atoms with van der Waals surface area (Å²) in [6, 6.07) is 0. The maximum Gasteiger partial charge on any atom is 0.331 e. The first-order valence-corrected chi connectivity index (χ1v) is 5.42. The third-order valence-electron chi connectivity index (χ3n) is 2.89.